The van der Waals surface area contributed by atoms with Crippen LogP contribution in [-0.2, 0) is 11.3 Å². The molecule has 0 aliphatic heterocycles. The second-order valence-electron chi connectivity index (χ2n) is 4.66. The number of anilines is 1. The van der Waals surface area contributed by atoms with Gasteiger partial charge in [0, 0.05) is 31.3 Å². The first-order chi connectivity index (χ1) is 10.0. The molecule has 1 N–H and O–H groups in total. The smallest absolute Gasteiger partial charge is 0.225 e. The lowest BCUT2D eigenvalue weighted by Crippen LogP contribution is -2.24. The van der Waals surface area contributed by atoms with Crippen LogP contribution in [0.1, 0.15) is 12.1 Å². The van der Waals surface area contributed by atoms with E-state index in [0.717, 1.165) is 5.69 Å². The molecule has 112 valence electrons. The number of halogens is 2. The summed E-state index contributed by atoms with van der Waals surface area (Å²) in [5.41, 5.74) is 1.29. The third-order valence-corrected chi connectivity index (χ3v) is 3.14. The molecule has 0 atom stereocenters. The predicted octanol–water partition coefficient (Wildman–Crippen LogP) is 2.93. The zero-order chi connectivity index (χ0) is 15.2. The number of amides is 1. The zero-order valence-electron chi connectivity index (χ0n) is 11.5. The van der Waals surface area contributed by atoms with Gasteiger partial charge in [0.25, 0.3) is 0 Å². The first-order valence-electron chi connectivity index (χ1n) is 6.37. The van der Waals surface area contributed by atoms with Crippen LogP contribution in [0, 0.1) is 5.82 Å². The van der Waals surface area contributed by atoms with Gasteiger partial charge in [0.15, 0.2) is 0 Å². The highest BCUT2D eigenvalue weighted by atomic mass is 35.5. The van der Waals surface area contributed by atoms with Crippen LogP contribution in [0.15, 0.2) is 35.1 Å². The maximum absolute atomic E-state index is 13.0. The summed E-state index contributed by atoms with van der Waals surface area (Å²) in [5.74, 6) is -0.674. The largest absolute Gasteiger partial charge is 0.364 e. The zero-order valence-corrected chi connectivity index (χ0v) is 12.2. The molecule has 0 unspecified atom stereocenters. The molecule has 0 bridgehead atoms. The molecule has 0 radical (unpaired) electrons. The van der Waals surface area contributed by atoms with Crippen LogP contribution in [0.5, 0.6) is 0 Å². The van der Waals surface area contributed by atoms with Crippen molar-refractivity contribution in [2.75, 3.05) is 18.9 Å². The Balaban J connectivity index is 1.77. The van der Waals surface area contributed by atoms with Gasteiger partial charge >= 0.3 is 0 Å². The van der Waals surface area contributed by atoms with E-state index < -0.39 is 5.82 Å². The van der Waals surface area contributed by atoms with Gasteiger partial charge in [0.05, 0.1) is 10.7 Å². The first kappa shape index (κ1) is 15.5. The number of nitrogens with one attached hydrogen (secondary N) is 1. The molecule has 2 aromatic rings. The van der Waals surface area contributed by atoms with Crippen LogP contribution in [0.25, 0.3) is 0 Å². The van der Waals surface area contributed by atoms with Gasteiger partial charge in [-0.05, 0) is 25.2 Å². The molecule has 1 amide bonds. The van der Waals surface area contributed by atoms with Gasteiger partial charge in [0.1, 0.15) is 12.1 Å². The molecule has 21 heavy (non-hydrogen) atoms. The molecule has 0 aliphatic carbocycles. The summed E-state index contributed by atoms with van der Waals surface area (Å²) in [7, 11) is 1.89. The molecule has 2 rings (SSSR count). The quantitative estimate of drug-likeness (QED) is 0.891. The number of nitrogens with zero attached hydrogens (tertiary/aromatic N) is 2. The van der Waals surface area contributed by atoms with Crippen molar-refractivity contribution in [1.29, 1.82) is 0 Å². The topological polar surface area (TPSA) is 58.4 Å². The van der Waals surface area contributed by atoms with Crippen LogP contribution in [0.3, 0.4) is 0 Å². The Morgan fingerprint density at radius 3 is 2.95 bits per heavy atom. The first-order valence-corrected chi connectivity index (χ1v) is 6.75. The Morgan fingerprint density at radius 1 is 1.48 bits per heavy atom. The molecule has 1 aromatic carbocycles. The summed E-state index contributed by atoms with van der Waals surface area (Å²) in [6.07, 6.45) is 1.82. The van der Waals surface area contributed by atoms with Crippen molar-refractivity contribution in [3.8, 4) is 0 Å². The lowest BCUT2D eigenvalue weighted by Gasteiger charge is -2.14. The highest BCUT2D eigenvalue weighted by Gasteiger charge is 2.08. The number of hydrogen-bond acceptors (Lipinski definition) is 4. The van der Waals surface area contributed by atoms with Crippen LogP contribution in [0.4, 0.5) is 10.1 Å². The molecule has 0 saturated heterocycles. The standard InChI is InChI=1S/C14H15ClFN3O2/c1-19(9-11-5-7-21-18-11)6-4-14(20)17-10-2-3-13(16)12(15)8-10/h2-3,5,7-8H,4,6,9H2,1H3,(H,17,20). The van der Waals surface area contributed by atoms with E-state index in [1.54, 1.807) is 6.07 Å². The lowest BCUT2D eigenvalue weighted by atomic mass is 10.3. The summed E-state index contributed by atoms with van der Waals surface area (Å²) in [4.78, 5) is 13.8. The van der Waals surface area contributed by atoms with E-state index in [1.807, 2.05) is 11.9 Å². The number of carbonyl (C=O) groups is 1. The minimum atomic E-state index is -0.512. The second-order valence-corrected chi connectivity index (χ2v) is 5.06. The van der Waals surface area contributed by atoms with E-state index in [2.05, 4.69) is 10.5 Å². The van der Waals surface area contributed by atoms with Crippen LogP contribution in [0.2, 0.25) is 5.02 Å². The van der Waals surface area contributed by atoms with E-state index in [9.17, 15) is 9.18 Å². The van der Waals surface area contributed by atoms with E-state index in [1.165, 1.54) is 24.5 Å². The summed E-state index contributed by atoms with van der Waals surface area (Å²) < 4.78 is 17.7. The van der Waals surface area contributed by atoms with E-state index >= 15 is 0 Å². The summed E-state index contributed by atoms with van der Waals surface area (Å²) in [6, 6.07) is 5.85. The molecule has 5 nitrogen and oxygen atoms in total. The average Bonchev–Trinajstić information content (AvgIpc) is 2.93. The van der Waals surface area contributed by atoms with Crippen molar-refractivity contribution in [2.24, 2.45) is 0 Å². The summed E-state index contributed by atoms with van der Waals surface area (Å²) in [5, 5.41) is 6.46. The minimum Gasteiger partial charge on any atom is -0.364 e. The number of rotatable bonds is 6. The molecule has 1 heterocycles. The lowest BCUT2D eigenvalue weighted by molar-refractivity contribution is -0.116. The highest BCUT2D eigenvalue weighted by molar-refractivity contribution is 6.31. The third kappa shape index (κ3) is 4.84. The maximum atomic E-state index is 13.0. The van der Waals surface area contributed by atoms with Gasteiger partial charge in [-0.2, -0.15) is 0 Å². The fourth-order valence-corrected chi connectivity index (χ4v) is 1.95. The Morgan fingerprint density at radius 2 is 2.29 bits per heavy atom. The maximum Gasteiger partial charge on any atom is 0.225 e. The second kappa shape index (κ2) is 7.19. The highest BCUT2D eigenvalue weighted by Crippen LogP contribution is 2.19. The average molecular weight is 312 g/mol. The molecule has 0 aliphatic rings. The summed E-state index contributed by atoms with van der Waals surface area (Å²) in [6.45, 7) is 1.17. The normalized spacial score (nSPS) is 10.9. The van der Waals surface area contributed by atoms with Crippen molar-refractivity contribution in [3.05, 3.63) is 47.1 Å². The van der Waals surface area contributed by atoms with Gasteiger partial charge < -0.3 is 9.84 Å². The SMILES string of the molecule is CN(CCC(=O)Nc1ccc(F)c(Cl)c1)Cc1ccon1. The van der Waals surface area contributed by atoms with Gasteiger partial charge in [0.2, 0.25) is 5.91 Å². The van der Waals surface area contributed by atoms with E-state index in [0.29, 0.717) is 25.2 Å². The van der Waals surface area contributed by atoms with Crippen LogP contribution in [-0.4, -0.2) is 29.6 Å². The van der Waals surface area contributed by atoms with E-state index in [-0.39, 0.29) is 10.9 Å². The molecule has 0 spiro atoms. The van der Waals surface area contributed by atoms with Gasteiger partial charge in [-0.3, -0.25) is 9.69 Å². The monoisotopic (exact) mass is 311 g/mol. The van der Waals surface area contributed by atoms with Crippen molar-refractivity contribution in [3.63, 3.8) is 0 Å². The van der Waals surface area contributed by atoms with E-state index in [4.69, 9.17) is 16.1 Å². The number of aromatic nitrogens is 1. The predicted molar refractivity (Wildman–Crippen MR) is 77.5 cm³/mol. The Bertz CT molecular complexity index is 604. The minimum absolute atomic E-state index is 0.0176. The van der Waals surface area contributed by atoms with Crippen molar-refractivity contribution in [1.82, 2.24) is 10.1 Å². The Hall–Kier alpha value is -1.92. The molecule has 1 aromatic heterocycles. The molecule has 0 saturated carbocycles. The Labute approximate surface area is 126 Å². The van der Waals surface area contributed by atoms with Crippen LogP contribution < -0.4 is 5.32 Å². The van der Waals surface area contributed by atoms with Gasteiger partial charge in [-0.15, -0.1) is 0 Å². The fraction of sp³-hybridized carbons (Fsp3) is 0.286. The number of carbonyl (C=O) groups excluding carboxylic acids is 1. The fourth-order valence-electron chi connectivity index (χ4n) is 1.76. The molecular weight excluding hydrogens is 297 g/mol. The van der Waals surface area contributed by atoms with Gasteiger partial charge in [-0.25, -0.2) is 4.39 Å². The number of benzene rings is 1. The van der Waals surface area contributed by atoms with Crippen LogP contribution >= 0.6 is 11.6 Å². The van der Waals surface area contributed by atoms with Crippen molar-refractivity contribution < 1.29 is 13.7 Å². The third-order valence-electron chi connectivity index (χ3n) is 2.85. The van der Waals surface area contributed by atoms with Crippen molar-refractivity contribution in [2.45, 2.75) is 13.0 Å². The Kier molecular flexibility index (Phi) is 5.30. The summed E-state index contributed by atoms with van der Waals surface area (Å²) >= 11 is 5.65. The molecule has 0 fully saturated rings. The van der Waals surface area contributed by atoms with Crippen molar-refractivity contribution >= 4 is 23.2 Å². The number of hydrogen-bond donors (Lipinski definition) is 1. The molecule has 7 heteroatoms. The van der Waals surface area contributed by atoms with Gasteiger partial charge in [-0.1, -0.05) is 16.8 Å². The molecular formula is C14H15ClFN3O2.